The minimum atomic E-state index is -3.81. The van der Waals surface area contributed by atoms with Gasteiger partial charge in [-0.3, -0.25) is 9.71 Å². The highest BCUT2D eigenvalue weighted by atomic mass is 32.2. The normalized spacial score (nSPS) is 11.4. The van der Waals surface area contributed by atoms with Crippen LogP contribution in [-0.2, 0) is 22.9 Å². The van der Waals surface area contributed by atoms with Crippen molar-refractivity contribution in [3.63, 3.8) is 0 Å². The number of para-hydroxylation sites is 2. The Kier molecular flexibility index (Phi) is 7.23. The van der Waals surface area contributed by atoms with Crippen LogP contribution in [0.25, 0.3) is 10.9 Å². The standard InChI is InChI=1S/C27H26N2O4S/c30-27(31)23-16-6-4-11-20(23)10-2-1-3-12-21-13-5-7-17-24(21)29-34(32,33)25-18-8-14-22-15-9-19-28-26(22)25/h4-9,11,13-19,29H,1-3,10,12H2,(H,30,31). The highest BCUT2D eigenvalue weighted by Gasteiger charge is 2.19. The molecule has 0 spiro atoms. The zero-order chi connectivity index (χ0) is 24.0. The van der Waals surface area contributed by atoms with Gasteiger partial charge in [0.05, 0.1) is 16.8 Å². The highest BCUT2D eigenvalue weighted by molar-refractivity contribution is 7.93. The highest BCUT2D eigenvalue weighted by Crippen LogP contribution is 2.26. The molecule has 0 fully saturated rings. The molecule has 0 aliphatic carbocycles. The first kappa shape index (κ1) is 23.4. The molecule has 0 unspecified atom stereocenters. The first-order valence-corrected chi connectivity index (χ1v) is 12.7. The number of anilines is 1. The van der Waals surface area contributed by atoms with Crippen LogP contribution in [0.1, 0.15) is 40.7 Å². The van der Waals surface area contributed by atoms with Crippen LogP contribution in [0.15, 0.2) is 90.0 Å². The fourth-order valence-corrected chi connectivity index (χ4v) is 5.37. The topological polar surface area (TPSA) is 96.4 Å². The Morgan fingerprint density at radius 2 is 1.47 bits per heavy atom. The van der Waals surface area contributed by atoms with Gasteiger partial charge >= 0.3 is 5.97 Å². The number of pyridine rings is 1. The molecule has 0 atom stereocenters. The average molecular weight is 475 g/mol. The lowest BCUT2D eigenvalue weighted by Gasteiger charge is -2.14. The number of aryl methyl sites for hydroxylation is 2. The van der Waals surface area contributed by atoms with E-state index in [1.165, 1.54) is 0 Å². The van der Waals surface area contributed by atoms with Crippen molar-refractivity contribution >= 4 is 32.6 Å². The SMILES string of the molecule is O=C(O)c1ccccc1CCCCCc1ccccc1NS(=O)(=O)c1cccc2cccnc12. The van der Waals surface area contributed by atoms with Crippen molar-refractivity contribution in [2.75, 3.05) is 4.72 Å². The Balaban J connectivity index is 1.41. The van der Waals surface area contributed by atoms with Gasteiger partial charge in [0.25, 0.3) is 10.0 Å². The van der Waals surface area contributed by atoms with Gasteiger partial charge in [0.15, 0.2) is 0 Å². The van der Waals surface area contributed by atoms with E-state index in [0.29, 0.717) is 29.6 Å². The summed E-state index contributed by atoms with van der Waals surface area (Å²) in [4.78, 5) is 15.8. The minimum absolute atomic E-state index is 0.150. The second-order valence-corrected chi connectivity index (χ2v) is 9.77. The van der Waals surface area contributed by atoms with E-state index in [-0.39, 0.29) is 4.90 Å². The number of unbranched alkanes of at least 4 members (excludes halogenated alkanes) is 2. The van der Waals surface area contributed by atoms with Crippen molar-refractivity contribution in [1.29, 1.82) is 0 Å². The molecule has 0 radical (unpaired) electrons. The van der Waals surface area contributed by atoms with Crippen LogP contribution in [0.4, 0.5) is 5.69 Å². The van der Waals surface area contributed by atoms with Crippen molar-refractivity contribution in [2.45, 2.75) is 37.0 Å². The van der Waals surface area contributed by atoms with Gasteiger partial charge in [0.2, 0.25) is 0 Å². The lowest BCUT2D eigenvalue weighted by atomic mass is 9.99. The Morgan fingerprint density at radius 3 is 2.26 bits per heavy atom. The van der Waals surface area contributed by atoms with E-state index >= 15 is 0 Å². The zero-order valence-corrected chi connectivity index (χ0v) is 19.5. The molecule has 174 valence electrons. The maximum atomic E-state index is 13.2. The number of nitrogens with one attached hydrogen (secondary N) is 1. The fraction of sp³-hybridized carbons (Fsp3) is 0.185. The van der Waals surface area contributed by atoms with Gasteiger partial charge in [-0.25, -0.2) is 13.2 Å². The van der Waals surface area contributed by atoms with E-state index in [1.54, 1.807) is 42.6 Å². The number of carboxylic acids is 1. The molecule has 6 nitrogen and oxygen atoms in total. The number of sulfonamides is 1. The number of aromatic nitrogens is 1. The summed E-state index contributed by atoms with van der Waals surface area (Å²) in [5.74, 6) is -0.904. The van der Waals surface area contributed by atoms with Gasteiger partial charge in [0.1, 0.15) is 4.90 Å². The van der Waals surface area contributed by atoms with Crippen LogP contribution < -0.4 is 4.72 Å². The zero-order valence-electron chi connectivity index (χ0n) is 18.6. The van der Waals surface area contributed by atoms with Crippen LogP contribution in [0.2, 0.25) is 0 Å². The van der Waals surface area contributed by atoms with Gasteiger partial charge in [-0.2, -0.15) is 0 Å². The van der Waals surface area contributed by atoms with Gasteiger partial charge < -0.3 is 5.11 Å². The van der Waals surface area contributed by atoms with E-state index in [9.17, 15) is 18.3 Å². The van der Waals surface area contributed by atoms with Crippen LogP contribution in [0, 0.1) is 0 Å². The van der Waals surface area contributed by atoms with E-state index in [1.807, 2.05) is 42.5 Å². The number of nitrogens with zero attached hydrogens (tertiary/aromatic N) is 1. The number of benzene rings is 3. The third kappa shape index (κ3) is 5.43. The van der Waals surface area contributed by atoms with Crippen molar-refractivity contribution in [2.24, 2.45) is 0 Å². The summed E-state index contributed by atoms with van der Waals surface area (Å²) in [6, 6.07) is 23.2. The fourth-order valence-electron chi connectivity index (χ4n) is 4.09. The van der Waals surface area contributed by atoms with E-state index < -0.39 is 16.0 Å². The van der Waals surface area contributed by atoms with Crippen LogP contribution in [0.5, 0.6) is 0 Å². The quantitative estimate of drug-likeness (QED) is 0.288. The van der Waals surface area contributed by atoms with Crippen LogP contribution >= 0.6 is 0 Å². The lowest BCUT2D eigenvalue weighted by Crippen LogP contribution is -2.15. The first-order valence-electron chi connectivity index (χ1n) is 11.2. The number of carboxylic acid groups (broad SMARTS) is 1. The van der Waals surface area contributed by atoms with Gasteiger partial charge in [0, 0.05) is 11.6 Å². The Labute approximate surface area is 199 Å². The molecule has 4 aromatic rings. The van der Waals surface area contributed by atoms with Crippen molar-refractivity contribution in [3.05, 3.63) is 102 Å². The van der Waals surface area contributed by atoms with Crippen LogP contribution in [0.3, 0.4) is 0 Å². The smallest absolute Gasteiger partial charge is 0.335 e. The predicted octanol–water partition coefficient (Wildman–Crippen LogP) is 5.69. The molecular formula is C27H26N2O4S. The maximum absolute atomic E-state index is 13.2. The molecule has 0 saturated heterocycles. The summed E-state index contributed by atoms with van der Waals surface area (Å²) in [5.41, 5.74) is 3.12. The lowest BCUT2D eigenvalue weighted by molar-refractivity contribution is 0.0695. The summed E-state index contributed by atoms with van der Waals surface area (Å²) in [7, 11) is -3.81. The second kappa shape index (κ2) is 10.5. The third-order valence-corrected chi connectivity index (χ3v) is 7.18. The number of rotatable bonds is 10. The molecule has 0 amide bonds. The summed E-state index contributed by atoms with van der Waals surface area (Å²) in [6.07, 6.45) is 5.63. The number of hydrogen-bond acceptors (Lipinski definition) is 4. The van der Waals surface area contributed by atoms with E-state index in [0.717, 1.165) is 35.8 Å². The number of carbonyl (C=O) groups is 1. The molecule has 3 aromatic carbocycles. The largest absolute Gasteiger partial charge is 0.478 e. The molecule has 4 rings (SSSR count). The minimum Gasteiger partial charge on any atom is -0.478 e. The molecule has 0 bridgehead atoms. The molecular weight excluding hydrogens is 448 g/mol. The summed E-state index contributed by atoms with van der Waals surface area (Å²) in [6.45, 7) is 0. The Hall–Kier alpha value is -3.71. The Bertz CT molecular complexity index is 1410. The van der Waals surface area contributed by atoms with Gasteiger partial charge in [-0.05, 0) is 61.1 Å². The third-order valence-electron chi connectivity index (χ3n) is 5.79. The van der Waals surface area contributed by atoms with Crippen molar-refractivity contribution in [3.8, 4) is 0 Å². The predicted molar refractivity (Wildman–Crippen MR) is 134 cm³/mol. The first-order chi connectivity index (χ1) is 16.5. The van der Waals surface area contributed by atoms with E-state index in [4.69, 9.17) is 0 Å². The van der Waals surface area contributed by atoms with Crippen molar-refractivity contribution in [1.82, 2.24) is 4.98 Å². The summed E-state index contributed by atoms with van der Waals surface area (Å²) >= 11 is 0. The molecule has 1 heterocycles. The van der Waals surface area contributed by atoms with Crippen molar-refractivity contribution < 1.29 is 18.3 Å². The second-order valence-electron chi connectivity index (χ2n) is 8.12. The molecule has 1 aromatic heterocycles. The maximum Gasteiger partial charge on any atom is 0.335 e. The number of hydrogen-bond donors (Lipinski definition) is 2. The average Bonchev–Trinajstić information content (AvgIpc) is 2.84. The summed E-state index contributed by atoms with van der Waals surface area (Å²) < 4.78 is 29.1. The molecule has 7 heteroatoms. The van der Waals surface area contributed by atoms with E-state index in [2.05, 4.69) is 9.71 Å². The molecule has 0 aliphatic heterocycles. The Morgan fingerprint density at radius 1 is 0.794 bits per heavy atom. The number of aromatic carboxylic acids is 1. The molecule has 0 saturated carbocycles. The molecule has 0 aliphatic rings. The van der Waals surface area contributed by atoms with Gasteiger partial charge in [-0.1, -0.05) is 61.0 Å². The monoisotopic (exact) mass is 474 g/mol. The van der Waals surface area contributed by atoms with Gasteiger partial charge in [-0.15, -0.1) is 0 Å². The molecule has 34 heavy (non-hydrogen) atoms. The molecule has 2 N–H and O–H groups in total. The summed E-state index contributed by atoms with van der Waals surface area (Å²) in [5, 5.41) is 10.1. The van der Waals surface area contributed by atoms with Crippen LogP contribution in [-0.4, -0.2) is 24.5 Å². The number of fused-ring (bicyclic) bond motifs is 1.